The predicted octanol–water partition coefficient (Wildman–Crippen LogP) is 3.21. The fraction of sp³-hybridized carbons (Fsp3) is 0.158. The van der Waals surface area contributed by atoms with Gasteiger partial charge in [0.15, 0.2) is 11.5 Å². The quantitative estimate of drug-likeness (QED) is 0.406. The van der Waals surface area contributed by atoms with Gasteiger partial charge in [-0.2, -0.15) is 0 Å². The van der Waals surface area contributed by atoms with Crippen LogP contribution in [0.2, 0.25) is 0 Å². The van der Waals surface area contributed by atoms with E-state index in [1.54, 1.807) is 50.9 Å². The summed E-state index contributed by atoms with van der Waals surface area (Å²) >= 11 is 0. The molecule has 0 N–H and O–H groups in total. The average molecular weight is 338 g/mol. The van der Waals surface area contributed by atoms with Crippen LogP contribution in [0.5, 0.6) is 17.2 Å². The summed E-state index contributed by atoms with van der Waals surface area (Å²) in [4.78, 5) is 16.3. The molecule has 25 heavy (non-hydrogen) atoms. The first-order chi connectivity index (χ1) is 12.1. The molecular formula is C19H18N2O4. The van der Waals surface area contributed by atoms with Gasteiger partial charge in [-0.3, -0.25) is 0 Å². The Labute approximate surface area is 145 Å². The second-order valence-electron chi connectivity index (χ2n) is 5.37. The number of aryl methyl sites for hydroxylation is 1. The molecule has 3 rings (SSSR count). The summed E-state index contributed by atoms with van der Waals surface area (Å²) in [6.45, 7) is 0. The molecule has 2 aromatic carbocycles. The van der Waals surface area contributed by atoms with Gasteiger partial charge in [0.05, 0.1) is 31.6 Å². The van der Waals surface area contributed by atoms with Gasteiger partial charge in [0.1, 0.15) is 5.75 Å². The van der Waals surface area contributed by atoms with Crippen LogP contribution in [0.1, 0.15) is 5.56 Å². The molecule has 0 spiro atoms. The number of carbonyl (C=O) groups excluding carboxylic acids is 1. The van der Waals surface area contributed by atoms with Gasteiger partial charge in [0.25, 0.3) is 0 Å². The van der Waals surface area contributed by atoms with E-state index in [1.807, 2.05) is 23.7 Å². The van der Waals surface area contributed by atoms with Gasteiger partial charge >= 0.3 is 5.97 Å². The summed E-state index contributed by atoms with van der Waals surface area (Å²) in [5, 5.41) is 0. The lowest BCUT2D eigenvalue weighted by molar-refractivity contribution is -0.128. The molecular weight excluding hydrogens is 320 g/mol. The molecule has 0 saturated heterocycles. The molecule has 1 aromatic heterocycles. The van der Waals surface area contributed by atoms with Crippen molar-refractivity contribution in [1.82, 2.24) is 9.55 Å². The molecule has 0 aliphatic rings. The Balaban J connectivity index is 1.71. The number of carbonyl (C=O) groups is 1. The first kappa shape index (κ1) is 16.6. The molecule has 0 saturated carbocycles. The first-order valence-electron chi connectivity index (χ1n) is 7.63. The number of rotatable bonds is 5. The Kier molecular flexibility index (Phi) is 4.70. The van der Waals surface area contributed by atoms with Crippen molar-refractivity contribution in [3.8, 4) is 17.2 Å². The predicted molar refractivity (Wildman–Crippen MR) is 94.9 cm³/mol. The molecule has 128 valence electrons. The van der Waals surface area contributed by atoms with Crippen LogP contribution in [0, 0.1) is 0 Å². The molecule has 0 aliphatic heterocycles. The molecule has 0 aliphatic carbocycles. The molecule has 6 nitrogen and oxygen atoms in total. The van der Waals surface area contributed by atoms with E-state index in [4.69, 9.17) is 14.2 Å². The maximum atomic E-state index is 12.0. The van der Waals surface area contributed by atoms with E-state index in [1.165, 1.54) is 6.08 Å². The van der Waals surface area contributed by atoms with Crippen molar-refractivity contribution >= 4 is 23.1 Å². The molecule has 0 atom stereocenters. The number of methoxy groups -OCH3 is 2. The van der Waals surface area contributed by atoms with Gasteiger partial charge < -0.3 is 18.8 Å². The summed E-state index contributed by atoms with van der Waals surface area (Å²) in [6.07, 6.45) is 4.74. The van der Waals surface area contributed by atoms with Crippen molar-refractivity contribution in [3.05, 3.63) is 54.4 Å². The first-order valence-corrected chi connectivity index (χ1v) is 7.63. The Morgan fingerprint density at radius 1 is 1.08 bits per heavy atom. The van der Waals surface area contributed by atoms with Crippen LogP contribution < -0.4 is 14.2 Å². The summed E-state index contributed by atoms with van der Waals surface area (Å²) < 4.78 is 17.6. The standard InChI is InChI=1S/C19H18N2O4/c1-21-12-20-15-11-14(6-7-16(15)21)25-19(22)9-5-13-4-8-17(23-2)18(10-13)24-3/h4-12H,1-3H3/b9-5+. The van der Waals surface area contributed by atoms with E-state index in [2.05, 4.69) is 4.98 Å². The third kappa shape index (κ3) is 3.63. The third-order valence-electron chi connectivity index (χ3n) is 3.73. The van der Waals surface area contributed by atoms with E-state index < -0.39 is 5.97 Å². The number of esters is 1. The minimum absolute atomic E-state index is 0.452. The van der Waals surface area contributed by atoms with Gasteiger partial charge in [-0.25, -0.2) is 9.78 Å². The number of hydrogen-bond acceptors (Lipinski definition) is 5. The van der Waals surface area contributed by atoms with Crippen LogP contribution in [0.3, 0.4) is 0 Å². The Morgan fingerprint density at radius 2 is 1.88 bits per heavy atom. The van der Waals surface area contributed by atoms with Crippen molar-refractivity contribution in [1.29, 1.82) is 0 Å². The van der Waals surface area contributed by atoms with Crippen molar-refractivity contribution in [2.75, 3.05) is 14.2 Å². The topological polar surface area (TPSA) is 62.6 Å². The largest absolute Gasteiger partial charge is 0.493 e. The Morgan fingerprint density at radius 3 is 2.64 bits per heavy atom. The number of ether oxygens (including phenoxy) is 3. The van der Waals surface area contributed by atoms with E-state index in [-0.39, 0.29) is 0 Å². The lowest BCUT2D eigenvalue weighted by Crippen LogP contribution is -2.03. The monoisotopic (exact) mass is 338 g/mol. The van der Waals surface area contributed by atoms with E-state index >= 15 is 0 Å². The second kappa shape index (κ2) is 7.09. The summed E-state index contributed by atoms with van der Waals surface area (Å²) in [5.74, 6) is 1.21. The summed E-state index contributed by atoms with van der Waals surface area (Å²) in [5.41, 5.74) is 2.55. The number of fused-ring (bicyclic) bond motifs is 1. The minimum atomic E-state index is -0.468. The lowest BCUT2D eigenvalue weighted by Gasteiger charge is -2.07. The maximum Gasteiger partial charge on any atom is 0.336 e. The zero-order valence-corrected chi connectivity index (χ0v) is 14.2. The Bertz CT molecular complexity index is 944. The highest BCUT2D eigenvalue weighted by molar-refractivity contribution is 5.89. The van der Waals surface area contributed by atoms with Crippen LogP contribution in [-0.2, 0) is 11.8 Å². The van der Waals surface area contributed by atoms with Crippen molar-refractivity contribution in [2.24, 2.45) is 7.05 Å². The number of hydrogen-bond donors (Lipinski definition) is 0. The molecule has 0 unspecified atom stereocenters. The fourth-order valence-electron chi connectivity index (χ4n) is 2.45. The molecule has 0 radical (unpaired) electrons. The number of nitrogens with zero attached hydrogens (tertiary/aromatic N) is 2. The smallest absolute Gasteiger partial charge is 0.336 e. The SMILES string of the molecule is COc1ccc(/C=C/C(=O)Oc2ccc3c(c2)ncn3C)cc1OC. The van der Waals surface area contributed by atoms with E-state index in [9.17, 15) is 4.79 Å². The van der Waals surface area contributed by atoms with Gasteiger partial charge in [-0.05, 0) is 35.9 Å². The maximum absolute atomic E-state index is 12.0. The summed E-state index contributed by atoms with van der Waals surface area (Å²) in [6, 6.07) is 10.7. The minimum Gasteiger partial charge on any atom is -0.493 e. The van der Waals surface area contributed by atoms with Gasteiger partial charge in [-0.15, -0.1) is 0 Å². The molecule has 0 amide bonds. The highest BCUT2D eigenvalue weighted by Gasteiger charge is 2.06. The van der Waals surface area contributed by atoms with Crippen molar-refractivity contribution in [3.63, 3.8) is 0 Å². The fourth-order valence-corrected chi connectivity index (χ4v) is 2.45. The zero-order valence-electron chi connectivity index (χ0n) is 14.2. The zero-order chi connectivity index (χ0) is 17.8. The highest BCUT2D eigenvalue weighted by atomic mass is 16.5. The van der Waals surface area contributed by atoms with Crippen LogP contribution in [-0.4, -0.2) is 29.7 Å². The Hall–Kier alpha value is -3.28. The van der Waals surface area contributed by atoms with Crippen LogP contribution in [0.25, 0.3) is 17.1 Å². The second-order valence-corrected chi connectivity index (χ2v) is 5.37. The third-order valence-corrected chi connectivity index (χ3v) is 3.73. The highest BCUT2D eigenvalue weighted by Crippen LogP contribution is 2.28. The number of aromatic nitrogens is 2. The van der Waals surface area contributed by atoms with E-state index in [0.29, 0.717) is 17.2 Å². The van der Waals surface area contributed by atoms with Gasteiger partial charge in [-0.1, -0.05) is 6.07 Å². The van der Waals surface area contributed by atoms with Crippen LogP contribution in [0.15, 0.2) is 48.8 Å². The molecule has 0 fully saturated rings. The van der Waals surface area contributed by atoms with Crippen molar-refractivity contribution in [2.45, 2.75) is 0 Å². The molecule has 1 heterocycles. The lowest BCUT2D eigenvalue weighted by atomic mass is 10.2. The molecule has 0 bridgehead atoms. The molecule has 3 aromatic rings. The normalized spacial score (nSPS) is 11.0. The van der Waals surface area contributed by atoms with E-state index in [0.717, 1.165) is 16.6 Å². The van der Waals surface area contributed by atoms with Crippen LogP contribution in [0.4, 0.5) is 0 Å². The van der Waals surface area contributed by atoms with Crippen LogP contribution >= 0.6 is 0 Å². The number of imidazole rings is 1. The average Bonchev–Trinajstić information content (AvgIpc) is 3.00. The summed E-state index contributed by atoms with van der Waals surface area (Å²) in [7, 11) is 5.05. The van der Waals surface area contributed by atoms with Gasteiger partial charge in [0, 0.05) is 19.2 Å². The van der Waals surface area contributed by atoms with Gasteiger partial charge in [0.2, 0.25) is 0 Å². The molecule has 6 heteroatoms. The van der Waals surface area contributed by atoms with Crippen molar-refractivity contribution < 1.29 is 19.0 Å². The number of benzene rings is 2.